The molecule has 2 aromatic rings. The van der Waals surface area contributed by atoms with E-state index in [0.29, 0.717) is 0 Å². The number of phenols is 1. The summed E-state index contributed by atoms with van der Waals surface area (Å²) >= 11 is 0. The summed E-state index contributed by atoms with van der Waals surface area (Å²) in [6.45, 7) is 3.31. The molecule has 1 amide bonds. The van der Waals surface area contributed by atoms with E-state index in [0.717, 1.165) is 6.26 Å². The largest absolute Gasteiger partial charge is 0.505 e. The van der Waals surface area contributed by atoms with Crippen molar-refractivity contribution in [1.82, 2.24) is 9.88 Å². The number of primary amides is 1. The van der Waals surface area contributed by atoms with Crippen molar-refractivity contribution in [2.75, 3.05) is 26.0 Å². The van der Waals surface area contributed by atoms with E-state index in [-0.39, 0.29) is 35.1 Å². The zero-order chi connectivity index (χ0) is 31.7. The summed E-state index contributed by atoms with van der Waals surface area (Å²) in [7, 11) is 2.84. The number of ether oxygens (including phenoxy) is 1. The lowest BCUT2D eigenvalue weighted by molar-refractivity contribution is -0.196. The van der Waals surface area contributed by atoms with Gasteiger partial charge in [0.05, 0.1) is 41.8 Å². The average Bonchev–Trinajstić information content (AvgIpc) is 3.40. The number of carbonyl (C=O) groups is 6. The van der Waals surface area contributed by atoms with Crippen molar-refractivity contribution in [3.8, 4) is 5.75 Å². The standard InChI is InChI=1S/C28H30N4O11/c1-5-42-26(40)12-8-43-27(31-12)30-11-7-6-10-9(2)13-15(20(34)14(10)19(11)33)23(37)28(41)17(21(13)35)18(32(3)4)22(36)16(24(28)38)25(29)39/h6-9,13,15-18,21,33,35,41H,5H2,1-4H3,(H2,29,39)(H,30,31). The van der Waals surface area contributed by atoms with Crippen LogP contribution < -0.4 is 11.1 Å². The number of nitrogens with zero attached hydrogens (tertiary/aromatic N) is 2. The molecule has 0 spiro atoms. The molecular formula is C28H30N4O11. The van der Waals surface area contributed by atoms with Crippen molar-refractivity contribution in [1.29, 1.82) is 0 Å². The van der Waals surface area contributed by atoms with Crippen LogP contribution in [-0.4, -0.2) is 98.7 Å². The second-order valence-corrected chi connectivity index (χ2v) is 11.2. The highest BCUT2D eigenvalue weighted by Crippen LogP contribution is 2.55. The Balaban J connectivity index is 1.58. The number of aliphatic hydroxyl groups is 2. The topological polar surface area (TPSA) is 240 Å². The van der Waals surface area contributed by atoms with Crippen molar-refractivity contribution in [3.05, 3.63) is 35.2 Å². The third-order valence-electron chi connectivity index (χ3n) is 8.72. The summed E-state index contributed by atoms with van der Waals surface area (Å²) in [5, 5.41) is 37.2. The van der Waals surface area contributed by atoms with Crippen LogP contribution in [-0.2, 0) is 23.9 Å². The van der Waals surface area contributed by atoms with Gasteiger partial charge < -0.3 is 35.5 Å². The number of oxazole rings is 1. The number of esters is 1. The molecular weight excluding hydrogens is 568 g/mol. The van der Waals surface area contributed by atoms with Crippen LogP contribution in [0, 0.1) is 23.7 Å². The van der Waals surface area contributed by atoms with E-state index in [2.05, 4.69) is 10.3 Å². The molecule has 6 N–H and O–H groups in total. The first-order valence-electron chi connectivity index (χ1n) is 13.5. The lowest BCUT2D eigenvalue weighted by Gasteiger charge is -2.56. The van der Waals surface area contributed by atoms with Gasteiger partial charge in [-0.15, -0.1) is 0 Å². The lowest BCUT2D eigenvalue weighted by atomic mass is 9.49. The molecule has 3 aliphatic carbocycles. The number of aliphatic hydroxyl groups excluding tert-OH is 1. The number of benzene rings is 1. The van der Waals surface area contributed by atoms with E-state index in [1.54, 1.807) is 13.8 Å². The summed E-state index contributed by atoms with van der Waals surface area (Å²) in [6.07, 6.45) is -0.707. The van der Waals surface area contributed by atoms with Gasteiger partial charge in [0, 0.05) is 5.92 Å². The molecule has 1 heterocycles. The fourth-order valence-electron chi connectivity index (χ4n) is 6.84. The average molecular weight is 599 g/mol. The highest BCUT2D eigenvalue weighted by Gasteiger charge is 2.72. The highest BCUT2D eigenvalue weighted by molar-refractivity contribution is 6.32. The van der Waals surface area contributed by atoms with E-state index in [1.165, 1.54) is 31.1 Å². The first-order valence-corrected chi connectivity index (χ1v) is 13.5. The zero-order valence-electron chi connectivity index (χ0n) is 23.6. The maximum atomic E-state index is 14.0. The third kappa shape index (κ3) is 4.17. The van der Waals surface area contributed by atoms with Gasteiger partial charge >= 0.3 is 5.97 Å². The summed E-state index contributed by atoms with van der Waals surface area (Å²) in [5.74, 6) is -15.2. The SMILES string of the molecule is CCOC(=O)c1coc(Nc2ccc3c(c2O)C(=O)C2C(=O)C4(O)C(=O)C(C(N)=O)C(=O)C(N(C)C)C4C(O)C2C3C)n1. The molecule has 3 aliphatic rings. The number of Topliss-reactive ketones (excluding diaryl/α,β-unsaturated/α-hetero) is 4. The Morgan fingerprint density at radius 3 is 2.47 bits per heavy atom. The second kappa shape index (κ2) is 10.4. The van der Waals surface area contributed by atoms with Crippen LogP contribution in [0.25, 0.3) is 0 Å². The predicted octanol–water partition coefficient (Wildman–Crippen LogP) is -0.693. The summed E-state index contributed by atoms with van der Waals surface area (Å²) in [4.78, 5) is 83.9. The van der Waals surface area contributed by atoms with Crippen molar-refractivity contribution in [3.63, 3.8) is 0 Å². The molecule has 5 rings (SSSR count). The molecule has 15 nitrogen and oxygen atoms in total. The van der Waals surface area contributed by atoms with Gasteiger partial charge in [-0.05, 0) is 38.6 Å². The number of ketones is 4. The maximum Gasteiger partial charge on any atom is 0.360 e. The van der Waals surface area contributed by atoms with Crippen LogP contribution in [0.3, 0.4) is 0 Å². The molecule has 43 heavy (non-hydrogen) atoms. The molecule has 228 valence electrons. The molecule has 0 radical (unpaired) electrons. The number of phenolic OH excluding ortho intramolecular Hbond substituents is 1. The number of anilines is 2. The highest BCUT2D eigenvalue weighted by atomic mass is 16.5. The number of amides is 1. The van der Waals surface area contributed by atoms with Gasteiger partial charge in [-0.25, -0.2) is 4.79 Å². The molecule has 2 fully saturated rings. The quantitative estimate of drug-likeness (QED) is 0.157. The van der Waals surface area contributed by atoms with Crippen molar-refractivity contribution < 1.29 is 53.2 Å². The minimum Gasteiger partial charge on any atom is -0.505 e. The number of aromatic nitrogens is 1. The van der Waals surface area contributed by atoms with E-state index in [9.17, 15) is 44.1 Å². The number of hydrogen-bond donors (Lipinski definition) is 5. The summed E-state index contributed by atoms with van der Waals surface area (Å²) < 4.78 is 10.1. The minimum absolute atomic E-state index is 0.0868. The Morgan fingerprint density at radius 2 is 1.86 bits per heavy atom. The predicted molar refractivity (Wildman–Crippen MR) is 143 cm³/mol. The van der Waals surface area contributed by atoms with E-state index in [4.69, 9.17) is 14.9 Å². The third-order valence-corrected chi connectivity index (χ3v) is 8.72. The Labute approximate surface area is 244 Å². The number of carbonyl (C=O) groups excluding carboxylic acids is 6. The van der Waals surface area contributed by atoms with E-state index < -0.39 is 88.1 Å². The van der Waals surface area contributed by atoms with Crippen LogP contribution in [0.2, 0.25) is 0 Å². The van der Waals surface area contributed by atoms with Crippen LogP contribution >= 0.6 is 0 Å². The maximum absolute atomic E-state index is 14.0. The van der Waals surface area contributed by atoms with Gasteiger partial charge in [0.2, 0.25) is 5.91 Å². The van der Waals surface area contributed by atoms with Gasteiger partial charge in [-0.3, -0.25) is 28.9 Å². The Hall–Kier alpha value is -4.47. The van der Waals surface area contributed by atoms with Gasteiger partial charge in [-0.2, -0.15) is 4.98 Å². The molecule has 1 aromatic carbocycles. The van der Waals surface area contributed by atoms with Gasteiger partial charge in [0.15, 0.2) is 40.3 Å². The smallest absolute Gasteiger partial charge is 0.360 e. The van der Waals surface area contributed by atoms with Crippen molar-refractivity contribution >= 4 is 46.7 Å². The van der Waals surface area contributed by atoms with E-state index >= 15 is 0 Å². The summed E-state index contributed by atoms with van der Waals surface area (Å²) in [6, 6.07) is 1.20. The fraction of sp³-hybridized carbons (Fsp3) is 0.464. The molecule has 0 aliphatic heterocycles. The number of aromatic hydroxyl groups is 1. The number of likely N-dealkylation sites (N-methyl/N-ethyl adjacent to an activating group) is 1. The number of fused-ring (bicyclic) bond motifs is 3. The monoisotopic (exact) mass is 598 g/mol. The second-order valence-electron chi connectivity index (χ2n) is 11.2. The molecule has 15 heteroatoms. The Kier molecular flexibility index (Phi) is 7.23. The summed E-state index contributed by atoms with van der Waals surface area (Å²) in [5.41, 5.74) is 1.93. The fourth-order valence-corrected chi connectivity index (χ4v) is 6.84. The molecule has 8 unspecified atom stereocenters. The number of rotatable bonds is 6. The first-order chi connectivity index (χ1) is 20.2. The number of nitrogens with two attached hydrogens (primary N) is 1. The number of nitrogens with one attached hydrogen (secondary N) is 1. The Morgan fingerprint density at radius 1 is 1.19 bits per heavy atom. The van der Waals surface area contributed by atoms with Crippen LogP contribution in [0.1, 0.15) is 46.2 Å². The minimum atomic E-state index is -3.09. The van der Waals surface area contributed by atoms with Crippen LogP contribution in [0.15, 0.2) is 22.8 Å². The molecule has 0 saturated heterocycles. The van der Waals surface area contributed by atoms with E-state index in [1.807, 2.05) is 0 Å². The van der Waals surface area contributed by atoms with Crippen molar-refractivity contribution in [2.45, 2.75) is 37.5 Å². The van der Waals surface area contributed by atoms with Gasteiger partial charge in [0.25, 0.3) is 6.01 Å². The molecule has 2 saturated carbocycles. The normalized spacial score (nSPS) is 31.7. The van der Waals surface area contributed by atoms with Gasteiger partial charge in [0.1, 0.15) is 12.0 Å². The molecule has 0 bridgehead atoms. The first kappa shape index (κ1) is 30.0. The van der Waals surface area contributed by atoms with Crippen molar-refractivity contribution in [2.24, 2.45) is 29.4 Å². The lowest BCUT2D eigenvalue weighted by Crippen LogP contribution is -2.77. The number of hydrogen-bond acceptors (Lipinski definition) is 14. The molecule has 8 atom stereocenters. The Bertz CT molecular complexity index is 1580. The zero-order valence-corrected chi connectivity index (χ0v) is 23.6. The molecule has 1 aromatic heterocycles. The van der Waals surface area contributed by atoms with Crippen LogP contribution in [0.5, 0.6) is 5.75 Å². The van der Waals surface area contributed by atoms with Crippen LogP contribution in [0.4, 0.5) is 11.7 Å². The van der Waals surface area contributed by atoms with Gasteiger partial charge in [-0.1, -0.05) is 13.0 Å².